The van der Waals surface area contributed by atoms with Gasteiger partial charge in [-0.05, 0) is 19.0 Å². The van der Waals surface area contributed by atoms with Gasteiger partial charge in [-0.3, -0.25) is 4.79 Å². The Kier molecular flexibility index (Phi) is 5.38. The maximum atomic E-state index is 12.8. The van der Waals surface area contributed by atoms with E-state index in [0.717, 1.165) is 13.0 Å². The molecule has 120 valence electrons. The minimum Gasteiger partial charge on any atom is -0.327 e. The molecular formula is C14H18BrN3O3S. The Hall–Kier alpha value is -1.22. The third kappa shape index (κ3) is 3.10. The predicted octanol–water partition coefficient (Wildman–Crippen LogP) is 1.09. The van der Waals surface area contributed by atoms with Crippen molar-refractivity contribution in [1.29, 1.82) is 0 Å². The zero-order chi connectivity index (χ0) is 14.9. The van der Waals surface area contributed by atoms with Crippen LogP contribution in [0.25, 0.3) is 10.8 Å². The van der Waals surface area contributed by atoms with Gasteiger partial charge >= 0.3 is 0 Å². The Bertz CT molecular complexity index is 811. The molecule has 1 saturated heterocycles. The summed E-state index contributed by atoms with van der Waals surface area (Å²) in [5.41, 5.74) is -0.276. The van der Waals surface area contributed by atoms with Gasteiger partial charge in [-0.15, -0.1) is 17.0 Å². The van der Waals surface area contributed by atoms with Gasteiger partial charge in [-0.25, -0.2) is 8.42 Å². The molecule has 0 bridgehead atoms. The Morgan fingerprint density at radius 3 is 2.55 bits per heavy atom. The summed E-state index contributed by atoms with van der Waals surface area (Å²) in [4.78, 5) is 14.5. The Balaban J connectivity index is 0.00000176. The minimum absolute atomic E-state index is 0. The number of pyridine rings is 1. The number of aromatic amines is 1. The highest BCUT2D eigenvalue weighted by molar-refractivity contribution is 8.93. The molecular weight excluding hydrogens is 370 g/mol. The van der Waals surface area contributed by atoms with Crippen LogP contribution in [0.3, 0.4) is 0 Å². The first-order valence-electron chi connectivity index (χ1n) is 6.92. The molecule has 1 aliphatic heterocycles. The van der Waals surface area contributed by atoms with E-state index in [2.05, 4.69) is 10.3 Å². The third-order valence-electron chi connectivity index (χ3n) is 3.69. The highest BCUT2D eigenvalue weighted by Gasteiger charge is 2.27. The lowest BCUT2D eigenvalue weighted by Gasteiger charge is -2.20. The molecule has 3 rings (SSSR count). The second-order valence-electron chi connectivity index (χ2n) is 5.04. The molecule has 2 heterocycles. The number of sulfonamides is 1. The number of H-pyrrole nitrogens is 1. The van der Waals surface area contributed by atoms with Gasteiger partial charge in [0.05, 0.1) is 0 Å². The second kappa shape index (κ2) is 6.91. The van der Waals surface area contributed by atoms with Gasteiger partial charge in [-0.2, -0.15) is 4.31 Å². The van der Waals surface area contributed by atoms with E-state index in [9.17, 15) is 13.2 Å². The molecule has 22 heavy (non-hydrogen) atoms. The number of aromatic nitrogens is 1. The first kappa shape index (κ1) is 17.1. The maximum Gasteiger partial charge on any atom is 0.255 e. The zero-order valence-corrected chi connectivity index (χ0v) is 14.4. The normalized spacial score (nSPS) is 16.9. The average Bonchev–Trinajstić information content (AvgIpc) is 2.77. The van der Waals surface area contributed by atoms with Crippen LogP contribution in [0.15, 0.2) is 40.2 Å². The molecule has 1 aromatic heterocycles. The Labute approximate surface area is 139 Å². The van der Waals surface area contributed by atoms with E-state index in [-0.39, 0.29) is 27.4 Å². The second-order valence-corrected chi connectivity index (χ2v) is 6.94. The third-order valence-corrected chi connectivity index (χ3v) is 5.63. The average molecular weight is 388 g/mol. The number of fused-ring (bicyclic) bond motifs is 1. The van der Waals surface area contributed by atoms with Crippen LogP contribution >= 0.6 is 17.0 Å². The van der Waals surface area contributed by atoms with Gasteiger partial charge in [0.15, 0.2) is 0 Å². The molecule has 6 nitrogen and oxygen atoms in total. The minimum atomic E-state index is -3.61. The van der Waals surface area contributed by atoms with Gasteiger partial charge in [0, 0.05) is 36.6 Å². The molecule has 0 aliphatic carbocycles. The largest absolute Gasteiger partial charge is 0.327 e. The molecule has 2 aromatic rings. The molecule has 1 aromatic carbocycles. The smallest absolute Gasteiger partial charge is 0.255 e. The van der Waals surface area contributed by atoms with Crippen molar-refractivity contribution in [2.75, 3.05) is 26.2 Å². The van der Waals surface area contributed by atoms with Crippen molar-refractivity contribution < 1.29 is 8.42 Å². The topological polar surface area (TPSA) is 82.3 Å². The van der Waals surface area contributed by atoms with E-state index >= 15 is 0 Å². The molecule has 8 heteroatoms. The van der Waals surface area contributed by atoms with Crippen LogP contribution in [0.5, 0.6) is 0 Å². The molecule has 0 saturated carbocycles. The fourth-order valence-electron chi connectivity index (χ4n) is 2.60. The summed E-state index contributed by atoms with van der Waals surface area (Å²) in [6, 6.07) is 6.78. The lowest BCUT2D eigenvalue weighted by atomic mass is 10.2. The van der Waals surface area contributed by atoms with Gasteiger partial charge < -0.3 is 10.3 Å². The summed E-state index contributed by atoms with van der Waals surface area (Å²) in [6.45, 7) is 2.39. The summed E-state index contributed by atoms with van der Waals surface area (Å²) in [7, 11) is -3.61. The van der Waals surface area contributed by atoms with E-state index in [1.54, 1.807) is 24.3 Å². The van der Waals surface area contributed by atoms with E-state index in [1.165, 1.54) is 10.5 Å². The molecule has 1 aliphatic rings. The molecule has 0 spiro atoms. The monoisotopic (exact) mass is 387 g/mol. The van der Waals surface area contributed by atoms with E-state index < -0.39 is 10.0 Å². The summed E-state index contributed by atoms with van der Waals surface area (Å²) < 4.78 is 27.2. The lowest BCUT2D eigenvalue weighted by molar-refractivity contribution is 0.432. The Morgan fingerprint density at radius 1 is 1.05 bits per heavy atom. The number of benzene rings is 1. The van der Waals surface area contributed by atoms with Gasteiger partial charge in [0.1, 0.15) is 4.90 Å². The number of nitrogens with one attached hydrogen (secondary N) is 2. The van der Waals surface area contributed by atoms with Crippen LogP contribution in [0.4, 0.5) is 0 Å². The van der Waals surface area contributed by atoms with Gasteiger partial charge in [0.2, 0.25) is 10.0 Å². The van der Waals surface area contributed by atoms with Crippen molar-refractivity contribution in [2.24, 2.45) is 0 Å². The highest BCUT2D eigenvalue weighted by Crippen LogP contribution is 2.23. The van der Waals surface area contributed by atoms with E-state index in [4.69, 9.17) is 0 Å². The van der Waals surface area contributed by atoms with Crippen molar-refractivity contribution in [3.63, 3.8) is 0 Å². The number of nitrogens with zero attached hydrogens (tertiary/aromatic N) is 1. The quantitative estimate of drug-likeness (QED) is 0.807. The summed E-state index contributed by atoms with van der Waals surface area (Å²) in [5, 5.41) is 4.05. The van der Waals surface area contributed by atoms with Crippen LogP contribution in [-0.2, 0) is 10.0 Å². The van der Waals surface area contributed by atoms with Crippen molar-refractivity contribution in [1.82, 2.24) is 14.6 Å². The van der Waals surface area contributed by atoms with Crippen LogP contribution < -0.4 is 10.9 Å². The number of hydrogen-bond acceptors (Lipinski definition) is 4. The van der Waals surface area contributed by atoms with Crippen LogP contribution in [-0.4, -0.2) is 43.9 Å². The first-order valence-corrected chi connectivity index (χ1v) is 8.36. The highest BCUT2D eigenvalue weighted by atomic mass is 79.9. The molecule has 0 atom stereocenters. The summed E-state index contributed by atoms with van der Waals surface area (Å²) in [5.74, 6) is 0. The van der Waals surface area contributed by atoms with E-state index in [1.807, 2.05) is 0 Å². The summed E-state index contributed by atoms with van der Waals surface area (Å²) in [6.07, 6.45) is 2.08. The zero-order valence-electron chi connectivity index (χ0n) is 11.9. The van der Waals surface area contributed by atoms with Crippen molar-refractivity contribution >= 4 is 37.8 Å². The van der Waals surface area contributed by atoms with Crippen LogP contribution in [0.2, 0.25) is 0 Å². The fraction of sp³-hybridized carbons (Fsp3) is 0.357. The SMILES string of the molecule is Br.O=c1[nH]cc(S(=O)(=O)N2CCCNCC2)c2ccccc12. The summed E-state index contributed by atoms with van der Waals surface area (Å²) >= 11 is 0. The molecule has 1 fully saturated rings. The molecule has 2 N–H and O–H groups in total. The van der Waals surface area contributed by atoms with Gasteiger partial charge in [0.25, 0.3) is 5.56 Å². The fourth-order valence-corrected chi connectivity index (χ4v) is 4.24. The number of hydrogen-bond donors (Lipinski definition) is 2. The van der Waals surface area contributed by atoms with E-state index in [0.29, 0.717) is 30.4 Å². The van der Waals surface area contributed by atoms with Crippen LogP contribution in [0.1, 0.15) is 6.42 Å². The molecule has 0 unspecified atom stereocenters. The Morgan fingerprint density at radius 2 is 1.77 bits per heavy atom. The van der Waals surface area contributed by atoms with Crippen molar-refractivity contribution in [3.8, 4) is 0 Å². The van der Waals surface area contributed by atoms with Crippen molar-refractivity contribution in [3.05, 3.63) is 40.8 Å². The number of rotatable bonds is 2. The standard InChI is InChI=1S/C14H17N3O3S.BrH/c18-14-12-5-2-1-4-11(12)13(10-16-14)21(19,20)17-8-3-6-15-7-9-17;/h1-2,4-5,10,15H,3,6-9H2,(H,16,18);1H. The van der Waals surface area contributed by atoms with Gasteiger partial charge in [-0.1, -0.05) is 18.2 Å². The van der Waals surface area contributed by atoms with Crippen molar-refractivity contribution in [2.45, 2.75) is 11.3 Å². The predicted molar refractivity (Wildman–Crippen MR) is 91.1 cm³/mol. The first-order chi connectivity index (χ1) is 10.1. The molecule has 0 amide bonds. The van der Waals surface area contributed by atoms with Crippen LogP contribution in [0, 0.1) is 0 Å². The molecule has 0 radical (unpaired) electrons. The lowest BCUT2D eigenvalue weighted by Crippen LogP contribution is -2.34. The maximum absolute atomic E-state index is 12.8. The number of halogens is 1.